The number of aryl methyl sites for hydroxylation is 1. The molecule has 1 fully saturated rings. The van der Waals surface area contributed by atoms with E-state index in [-0.39, 0.29) is 18.6 Å². The number of para-hydroxylation sites is 1. The van der Waals surface area contributed by atoms with Crippen LogP contribution in [0.2, 0.25) is 0 Å². The lowest BCUT2D eigenvalue weighted by Crippen LogP contribution is -2.48. The fourth-order valence-corrected chi connectivity index (χ4v) is 4.71. The molecule has 3 heterocycles. The van der Waals surface area contributed by atoms with E-state index in [0.717, 1.165) is 31.1 Å². The van der Waals surface area contributed by atoms with E-state index in [1.807, 2.05) is 47.4 Å². The summed E-state index contributed by atoms with van der Waals surface area (Å²) in [6.07, 6.45) is 0.837. The van der Waals surface area contributed by atoms with Crippen LogP contribution in [0, 0.1) is 0 Å². The van der Waals surface area contributed by atoms with Gasteiger partial charge in [-0.05, 0) is 29.8 Å². The van der Waals surface area contributed by atoms with Gasteiger partial charge in [0.05, 0.1) is 0 Å². The van der Waals surface area contributed by atoms with Crippen LogP contribution in [0.25, 0.3) is 0 Å². The molecule has 1 saturated heterocycles. The van der Waals surface area contributed by atoms with Crippen molar-refractivity contribution in [3.8, 4) is 11.5 Å². The molecule has 10 heteroatoms. The fraction of sp³-hybridized carbons (Fsp3) is 0.333. The normalized spacial score (nSPS) is 15.4. The zero-order valence-corrected chi connectivity index (χ0v) is 19.4. The molecule has 2 amide bonds. The second kappa shape index (κ2) is 10.2. The van der Waals surface area contributed by atoms with Crippen molar-refractivity contribution in [2.75, 3.05) is 38.3 Å². The molecule has 0 radical (unpaired) electrons. The number of nitrogens with one attached hydrogen (secondary N) is 1. The van der Waals surface area contributed by atoms with Crippen molar-refractivity contribution in [1.82, 2.24) is 20.0 Å². The molecule has 9 nitrogen and oxygen atoms in total. The van der Waals surface area contributed by atoms with E-state index < -0.39 is 0 Å². The number of rotatable bonds is 7. The lowest BCUT2D eigenvalue weighted by atomic mass is 10.1. The Hall–Kier alpha value is -3.50. The molecule has 0 aliphatic carbocycles. The molecule has 34 heavy (non-hydrogen) atoms. The van der Waals surface area contributed by atoms with Crippen LogP contribution >= 0.6 is 11.3 Å². The lowest BCUT2D eigenvalue weighted by molar-refractivity contribution is -0.133. The van der Waals surface area contributed by atoms with Gasteiger partial charge in [0, 0.05) is 51.3 Å². The summed E-state index contributed by atoms with van der Waals surface area (Å²) in [5.41, 5.74) is 1.88. The number of amides is 2. The third-order valence-electron chi connectivity index (χ3n) is 5.81. The summed E-state index contributed by atoms with van der Waals surface area (Å²) in [5.74, 6) is 1.40. The standard InChI is InChI=1S/C24H25N5O4S/c30-22(9-8-21-26-27-24(34-21)23(31)25-18-4-2-1-3-5-18)29-12-10-28(11-13-29)15-17-6-7-19-20(14-17)33-16-32-19/h1-7,14H,8-13,15-16H2,(H,25,31). The van der Waals surface area contributed by atoms with E-state index >= 15 is 0 Å². The van der Waals surface area contributed by atoms with Crippen molar-refractivity contribution >= 4 is 28.8 Å². The van der Waals surface area contributed by atoms with E-state index in [0.29, 0.717) is 41.6 Å². The number of nitrogens with zero attached hydrogens (tertiary/aromatic N) is 4. The summed E-state index contributed by atoms with van der Waals surface area (Å²) in [6, 6.07) is 15.2. The van der Waals surface area contributed by atoms with E-state index in [1.54, 1.807) is 0 Å². The first-order valence-corrected chi connectivity index (χ1v) is 12.0. The van der Waals surface area contributed by atoms with Crippen molar-refractivity contribution < 1.29 is 19.1 Å². The Morgan fingerprint density at radius 1 is 0.971 bits per heavy atom. The van der Waals surface area contributed by atoms with Crippen LogP contribution < -0.4 is 14.8 Å². The number of anilines is 1. The van der Waals surface area contributed by atoms with Gasteiger partial charge in [0.25, 0.3) is 5.91 Å². The zero-order chi connectivity index (χ0) is 23.3. The molecule has 0 atom stereocenters. The smallest absolute Gasteiger partial charge is 0.286 e. The molecule has 176 valence electrons. The average molecular weight is 480 g/mol. The first kappa shape index (κ1) is 22.3. The minimum absolute atomic E-state index is 0.105. The minimum Gasteiger partial charge on any atom is -0.454 e. The van der Waals surface area contributed by atoms with Gasteiger partial charge in [-0.2, -0.15) is 0 Å². The monoisotopic (exact) mass is 479 g/mol. The minimum atomic E-state index is -0.292. The third-order valence-corrected chi connectivity index (χ3v) is 6.80. The van der Waals surface area contributed by atoms with Gasteiger partial charge in [0.1, 0.15) is 5.01 Å². The Bertz CT molecular complexity index is 1160. The SMILES string of the molecule is O=C(Nc1ccccc1)c1nnc(CCC(=O)N2CCN(Cc3ccc4c(c3)OCO4)CC2)s1. The number of carbonyl (C=O) groups excluding carboxylic acids is 2. The molecular formula is C24H25N5O4S. The van der Waals surface area contributed by atoms with Crippen LogP contribution in [0.3, 0.4) is 0 Å². The number of benzene rings is 2. The maximum absolute atomic E-state index is 12.7. The fourth-order valence-electron chi connectivity index (χ4n) is 3.98. The van der Waals surface area contributed by atoms with Crippen molar-refractivity contribution in [1.29, 1.82) is 0 Å². The molecule has 0 unspecified atom stereocenters. The molecule has 0 bridgehead atoms. The molecule has 0 spiro atoms. The summed E-state index contributed by atoms with van der Waals surface area (Å²) in [5, 5.41) is 11.9. The van der Waals surface area contributed by atoms with Gasteiger partial charge < -0.3 is 19.7 Å². The van der Waals surface area contributed by atoms with E-state index in [1.165, 1.54) is 16.9 Å². The molecule has 3 aromatic rings. The van der Waals surface area contributed by atoms with Gasteiger partial charge in [-0.1, -0.05) is 35.6 Å². The Labute approximate surface area is 201 Å². The van der Waals surface area contributed by atoms with Gasteiger partial charge in [-0.15, -0.1) is 10.2 Å². The number of piperazine rings is 1. The van der Waals surface area contributed by atoms with Gasteiger partial charge in [-0.25, -0.2) is 0 Å². The first-order valence-electron chi connectivity index (χ1n) is 11.2. The van der Waals surface area contributed by atoms with Crippen LogP contribution in [-0.2, 0) is 17.8 Å². The number of ether oxygens (including phenoxy) is 2. The molecule has 2 aliphatic heterocycles. The van der Waals surface area contributed by atoms with Gasteiger partial charge in [0.2, 0.25) is 17.7 Å². The van der Waals surface area contributed by atoms with Crippen molar-refractivity contribution in [3.63, 3.8) is 0 Å². The number of fused-ring (bicyclic) bond motifs is 1. The maximum Gasteiger partial charge on any atom is 0.286 e. The Morgan fingerprint density at radius 3 is 2.59 bits per heavy atom. The number of carbonyl (C=O) groups is 2. The van der Waals surface area contributed by atoms with Gasteiger partial charge in [0.15, 0.2) is 11.5 Å². The molecule has 2 aromatic carbocycles. The maximum atomic E-state index is 12.7. The van der Waals surface area contributed by atoms with Crippen LogP contribution in [0.1, 0.15) is 26.8 Å². The van der Waals surface area contributed by atoms with Crippen molar-refractivity contribution in [3.05, 3.63) is 64.1 Å². The van der Waals surface area contributed by atoms with Crippen molar-refractivity contribution in [2.45, 2.75) is 19.4 Å². The highest BCUT2D eigenvalue weighted by Crippen LogP contribution is 2.32. The van der Waals surface area contributed by atoms with E-state index in [2.05, 4.69) is 26.5 Å². The summed E-state index contributed by atoms with van der Waals surface area (Å²) >= 11 is 1.23. The predicted molar refractivity (Wildman–Crippen MR) is 127 cm³/mol. The summed E-state index contributed by atoms with van der Waals surface area (Å²) in [4.78, 5) is 29.3. The Kier molecular flexibility index (Phi) is 6.68. The highest BCUT2D eigenvalue weighted by molar-refractivity contribution is 7.13. The van der Waals surface area contributed by atoms with Crippen LogP contribution in [0.5, 0.6) is 11.5 Å². The Balaban J connectivity index is 1.06. The van der Waals surface area contributed by atoms with E-state index in [9.17, 15) is 9.59 Å². The number of hydrogen-bond donors (Lipinski definition) is 1. The number of hydrogen-bond acceptors (Lipinski definition) is 8. The van der Waals surface area contributed by atoms with Gasteiger partial charge in [-0.3, -0.25) is 14.5 Å². The topological polar surface area (TPSA) is 96.9 Å². The Morgan fingerprint density at radius 2 is 1.76 bits per heavy atom. The zero-order valence-electron chi connectivity index (χ0n) is 18.6. The van der Waals surface area contributed by atoms with Gasteiger partial charge >= 0.3 is 0 Å². The first-order chi connectivity index (χ1) is 16.6. The van der Waals surface area contributed by atoms with E-state index in [4.69, 9.17) is 9.47 Å². The predicted octanol–water partition coefficient (Wildman–Crippen LogP) is 2.80. The highest BCUT2D eigenvalue weighted by Gasteiger charge is 2.22. The second-order valence-electron chi connectivity index (χ2n) is 8.17. The molecule has 2 aliphatic rings. The molecule has 0 saturated carbocycles. The number of aromatic nitrogens is 2. The van der Waals surface area contributed by atoms with Crippen LogP contribution in [0.15, 0.2) is 48.5 Å². The van der Waals surface area contributed by atoms with Crippen molar-refractivity contribution in [2.24, 2.45) is 0 Å². The third kappa shape index (κ3) is 5.35. The van der Waals surface area contributed by atoms with Crippen LogP contribution in [0.4, 0.5) is 5.69 Å². The molecule has 1 aromatic heterocycles. The molecular weight excluding hydrogens is 454 g/mol. The summed E-state index contributed by atoms with van der Waals surface area (Å²) in [7, 11) is 0. The summed E-state index contributed by atoms with van der Waals surface area (Å²) in [6.45, 7) is 4.14. The molecule has 1 N–H and O–H groups in total. The quantitative estimate of drug-likeness (QED) is 0.557. The molecule has 5 rings (SSSR count). The summed E-state index contributed by atoms with van der Waals surface area (Å²) < 4.78 is 10.8. The lowest BCUT2D eigenvalue weighted by Gasteiger charge is -2.34. The second-order valence-corrected chi connectivity index (χ2v) is 9.23. The average Bonchev–Trinajstić information content (AvgIpc) is 3.53. The highest BCUT2D eigenvalue weighted by atomic mass is 32.1. The van der Waals surface area contributed by atoms with Crippen LogP contribution in [-0.4, -0.2) is 64.8 Å². The largest absolute Gasteiger partial charge is 0.454 e.